The number of hydrogen-bond acceptors (Lipinski definition) is 3. The van der Waals surface area contributed by atoms with Crippen LogP contribution in [-0.2, 0) is 0 Å². The van der Waals surface area contributed by atoms with Crippen molar-refractivity contribution in [3.63, 3.8) is 0 Å². The lowest BCUT2D eigenvalue weighted by Gasteiger charge is -2.13. The molecule has 5 nitrogen and oxygen atoms in total. The third-order valence-corrected chi connectivity index (χ3v) is 4.85. The molecule has 5 aromatic rings. The fraction of sp³-hybridized carbons (Fsp3) is 0. The first kappa shape index (κ1) is 15.5. The van der Waals surface area contributed by atoms with Gasteiger partial charge in [-0.3, -0.25) is 9.89 Å². The number of nitrogens with two attached hydrogens (primary N) is 1. The van der Waals surface area contributed by atoms with Crippen molar-refractivity contribution in [1.82, 2.24) is 15.2 Å². The lowest BCUT2D eigenvalue weighted by molar-refractivity contribution is 0.636. The third-order valence-electron chi connectivity index (χ3n) is 4.85. The number of benzene rings is 3. The number of H-pyrrole nitrogens is 2. The van der Waals surface area contributed by atoms with E-state index in [1.165, 1.54) is 24.4 Å². The van der Waals surface area contributed by atoms with Crippen LogP contribution in [0, 0.1) is 11.6 Å². The van der Waals surface area contributed by atoms with Crippen molar-refractivity contribution in [3.8, 4) is 11.1 Å². The molecule has 2 heterocycles. The van der Waals surface area contributed by atoms with Gasteiger partial charge in [-0.25, -0.2) is 8.78 Å². The predicted molar refractivity (Wildman–Crippen MR) is 101 cm³/mol. The first-order valence-electron chi connectivity index (χ1n) is 8.21. The highest BCUT2D eigenvalue weighted by Crippen LogP contribution is 2.38. The number of fused-ring (bicyclic) bond motifs is 4. The van der Waals surface area contributed by atoms with Gasteiger partial charge >= 0.3 is 0 Å². The highest BCUT2D eigenvalue weighted by Gasteiger charge is 2.19. The molecular weight excluding hydrogens is 350 g/mol. The van der Waals surface area contributed by atoms with E-state index in [9.17, 15) is 13.6 Å². The summed E-state index contributed by atoms with van der Waals surface area (Å²) in [6, 6.07) is 11.0. The molecule has 0 saturated carbocycles. The van der Waals surface area contributed by atoms with Gasteiger partial charge in [0.2, 0.25) is 0 Å². The molecule has 5 rings (SSSR count). The Morgan fingerprint density at radius 2 is 1.67 bits per heavy atom. The summed E-state index contributed by atoms with van der Waals surface area (Å²) in [6.07, 6.45) is 1.46. The van der Waals surface area contributed by atoms with Crippen LogP contribution in [0.1, 0.15) is 0 Å². The average Bonchev–Trinajstić information content (AvgIpc) is 3.16. The second kappa shape index (κ2) is 5.38. The maximum absolute atomic E-state index is 14.8. The zero-order valence-corrected chi connectivity index (χ0v) is 13.8. The van der Waals surface area contributed by atoms with E-state index in [-0.39, 0.29) is 11.2 Å². The second-order valence-electron chi connectivity index (χ2n) is 6.32. The van der Waals surface area contributed by atoms with Gasteiger partial charge in [0, 0.05) is 27.1 Å². The van der Waals surface area contributed by atoms with Crippen LogP contribution in [0.5, 0.6) is 0 Å². The smallest absolute Gasteiger partial charge is 0.272 e. The molecule has 132 valence electrons. The minimum Gasteiger partial charge on any atom is -0.394 e. The van der Waals surface area contributed by atoms with E-state index in [0.29, 0.717) is 38.2 Å². The van der Waals surface area contributed by atoms with Crippen LogP contribution in [-0.4, -0.2) is 15.2 Å². The van der Waals surface area contributed by atoms with Crippen molar-refractivity contribution >= 4 is 38.3 Å². The third kappa shape index (κ3) is 2.08. The maximum Gasteiger partial charge on any atom is 0.272 e. The fourth-order valence-corrected chi connectivity index (χ4v) is 3.61. The lowest BCUT2D eigenvalue weighted by atomic mass is 9.94. The van der Waals surface area contributed by atoms with Crippen LogP contribution in [0.25, 0.3) is 43.7 Å². The van der Waals surface area contributed by atoms with E-state index >= 15 is 0 Å². The van der Waals surface area contributed by atoms with Gasteiger partial charge in [-0.15, -0.1) is 0 Å². The molecule has 0 spiro atoms. The molecule has 0 atom stereocenters. The van der Waals surface area contributed by atoms with Gasteiger partial charge in [0.25, 0.3) is 5.56 Å². The van der Waals surface area contributed by atoms with Crippen LogP contribution in [0.4, 0.5) is 14.5 Å². The van der Waals surface area contributed by atoms with Gasteiger partial charge in [0.15, 0.2) is 0 Å². The molecule has 27 heavy (non-hydrogen) atoms. The van der Waals surface area contributed by atoms with Crippen molar-refractivity contribution < 1.29 is 8.78 Å². The zero-order chi connectivity index (χ0) is 18.7. The molecule has 0 aliphatic carbocycles. The Balaban J connectivity index is 2.03. The van der Waals surface area contributed by atoms with Gasteiger partial charge < -0.3 is 10.7 Å². The molecule has 0 bridgehead atoms. The van der Waals surface area contributed by atoms with Crippen LogP contribution in [0.2, 0.25) is 0 Å². The minimum absolute atomic E-state index is 0.0636. The van der Waals surface area contributed by atoms with Crippen LogP contribution in [0.3, 0.4) is 0 Å². The first-order valence-corrected chi connectivity index (χ1v) is 8.21. The lowest BCUT2D eigenvalue weighted by Crippen LogP contribution is -2.14. The standard InChI is InChI=1S/C20H12F2N4O/c21-14-6-5-10(13-8-24-26-19(13)14)16-12-7-15(22)9-3-1-2-4-11(9)18(12)25-20(27)17(16)23/h1-8H,23H2,(H,24,26)(H,25,27). The number of nitrogen functional groups attached to an aromatic ring is 1. The van der Waals surface area contributed by atoms with Gasteiger partial charge in [0.1, 0.15) is 22.8 Å². The van der Waals surface area contributed by atoms with Crippen LogP contribution >= 0.6 is 0 Å². The van der Waals surface area contributed by atoms with Crippen LogP contribution in [0.15, 0.2) is 53.5 Å². The Morgan fingerprint density at radius 1 is 0.889 bits per heavy atom. The molecule has 0 fully saturated rings. The summed E-state index contributed by atoms with van der Waals surface area (Å²) in [5, 5.41) is 8.34. The molecule has 2 aromatic heterocycles. The summed E-state index contributed by atoms with van der Waals surface area (Å²) in [7, 11) is 0. The molecule has 3 aromatic carbocycles. The fourth-order valence-electron chi connectivity index (χ4n) is 3.61. The van der Waals surface area contributed by atoms with Crippen molar-refractivity contribution in [1.29, 1.82) is 0 Å². The molecule has 0 unspecified atom stereocenters. The number of nitrogens with one attached hydrogen (secondary N) is 2. The quantitative estimate of drug-likeness (QED) is 0.393. The normalized spacial score (nSPS) is 11.6. The molecule has 0 saturated heterocycles. The number of rotatable bonds is 1. The van der Waals surface area contributed by atoms with E-state index in [1.54, 1.807) is 24.3 Å². The van der Waals surface area contributed by atoms with Crippen LogP contribution < -0.4 is 11.3 Å². The van der Waals surface area contributed by atoms with Gasteiger partial charge in [-0.2, -0.15) is 5.10 Å². The summed E-state index contributed by atoms with van der Waals surface area (Å²) < 4.78 is 28.8. The summed E-state index contributed by atoms with van der Waals surface area (Å²) in [6.45, 7) is 0. The first-order chi connectivity index (χ1) is 13.1. The largest absolute Gasteiger partial charge is 0.394 e. The molecule has 0 aliphatic rings. The molecule has 0 aliphatic heterocycles. The Bertz CT molecular complexity index is 1440. The van der Waals surface area contributed by atoms with Crippen molar-refractivity contribution in [2.75, 3.05) is 5.73 Å². The maximum atomic E-state index is 14.8. The Morgan fingerprint density at radius 3 is 2.48 bits per heavy atom. The molecule has 4 N–H and O–H groups in total. The average molecular weight is 362 g/mol. The number of hydrogen-bond donors (Lipinski definition) is 3. The van der Waals surface area contributed by atoms with Gasteiger partial charge in [-0.1, -0.05) is 30.3 Å². The van der Waals surface area contributed by atoms with Gasteiger partial charge in [0.05, 0.1) is 11.7 Å². The molecule has 7 heteroatoms. The van der Waals surface area contributed by atoms with E-state index in [1.807, 2.05) is 0 Å². The number of halogens is 2. The molecule has 0 amide bonds. The number of aromatic amines is 2. The van der Waals surface area contributed by atoms with E-state index in [4.69, 9.17) is 5.73 Å². The number of pyridine rings is 1. The Kier molecular flexibility index (Phi) is 3.09. The Hall–Kier alpha value is -3.74. The predicted octanol–water partition coefficient (Wildman–Crippen LogP) is 4.09. The minimum atomic E-state index is -0.491. The summed E-state index contributed by atoms with van der Waals surface area (Å²) in [5.41, 5.74) is 7.05. The number of nitrogens with zero attached hydrogens (tertiary/aromatic N) is 1. The van der Waals surface area contributed by atoms with Crippen molar-refractivity contribution in [2.45, 2.75) is 0 Å². The monoisotopic (exact) mass is 362 g/mol. The van der Waals surface area contributed by atoms with E-state index in [2.05, 4.69) is 15.2 Å². The summed E-state index contributed by atoms with van der Waals surface area (Å²) in [5.74, 6) is -0.910. The molecular formula is C20H12F2N4O. The zero-order valence-electron chi connectivity index (χ0n) is 13.8. The highest BCUT2D eigenvalue weighted by atomic mass is 19.1. The van der Waals surface area contributed by atoms with Crippen molar-refractivity contribution in [3.05, 3.63) is 70.6 Å². The van der Waals surface area contributed by atoms with Crippen molar-refractivity contribution in [2.24, 2.45) is 0 Å². The second-order valence-corrected chi connectivity index (χ2v) is 6.32. The topological polar surface area (TPSA) is 87.6 Å². The SMILES string of the molecule is Nc1c(-c2ccc(F)c3[nH]ncc23)c2cc(F)c3ccccc3c2[nH]c1=O. The van der Waals surface area contributed by atoms with E-state index in [0.717, 1.165) is 0 Å². The number of anilines is 1. The summed E-state index contributed by atoms with van der Waals surface area (Å²) in [4.78, 5) is 15.3. The molecule has 0 radical (unpaired) electrons. The summed E-state index contributed by atoms with van der Waals surface area (Å²) >= 11 is 0. The van der Waals surface area contributed by atoms with E-state index < -0.39 is 17.2 Å². The number of aromatic nitrogens is 3. The highest BCUT2D eigenvalue weighted by molar-refractivity contribution is 6.14. The Labute approximate surface area is 150 Å². The van der Waals surface area contributed by atoms with Gasteiger partial charge in [-0.05, 0) is 17.7 Å².